The van der Waals surface area contributed by atoms with Crippen LogP contribution in [0.1, 0.15) is 25.5 Å². The number of benzene rings is 1. The molecule has 0 saturated heterocycles. The molecule has 0 heterocycles. The van der Waals surface area contributed by atoms with E-state index in [2.05, 4.69) is 5.32 Å². The average molecular weight is 283 g/mol. The normalized spacial score (nSPS) is 12.2. The van der Waals surface area contributed by atoms with Gasteiger partial charge >= 0.3 is 5.97 Å². The van der Waals surface area contributed by atoms with E-state index in [1.807, 2.05) is 13.8 Å². The predicted octanol–water partition coefficient (Wildman–Crippen LogP) is 1.74. The number of hydrogen-bond acceptors (Lipinski definition) is 3. The fraction of sp³-hybridized carbons (Fsp3) is 0.429. The van der Waals surface area contributed by atoms with E-state index in [4.69, 9.17) is 9.84 Å². The highest BCUT2D eigenvalue weighted by atomic mass is 19.1. The molecule has 0 bridgehead atoms. The Bertz CT molecular complexity index is 459. The van der Waals surface area contributed by atoms with Crippen LogP contribution in [0.15, 0.2) is 24.3 Å². The minimum Gasteiger partial charge on any atom is -0.480 e. The van der Waals surface area contributed by atoms with E-state index in [0.717, 1.165) is 5.56 Å². The Labute approximate surface area is 116 Å². The van der Waals surface area contributed by atoms with E-state index in [-0.39, 0.29) is 24.4 Å². The van der Waals surface area contributed by atoms with E-state index in [1.165, 1.54) is 12.1 Å². The Morgan fingerprint density at radius 3 is 2.35 bits per heavy atom. The Morgan fingerprint density at radius 1 is 1.25 bits per heavy atom. The molecule has 1 amide bonds. The van der Waals surface area contributed by atoms with Crippen LogP contribution in [0.3, 0.4) is 0 Å². The van der Waals surface area contributed by atoms with E-state index in [9.17, 15) is 14.0 Å². The lowest BCUT2D eigenvalue weighted by Gasteiger charge is -2.22. The standard InChI is InChI=1S/C14H18FNO4/c1-9(2)14(10-3-5-11(15)6-4-10)16-12(17)7-20-8-13(18)19/h3-6,9,14H,7-8H2,1-2H3,(H,16,17)(H,18,19). The molecule has 2 N–H and O–H groups in total. The Morgan fingerprint density at radius 2 is 1.85 bits per heavy atom. The molecule has 1 unspecified atom stereocenters. The highest BCUT2D eigenvalue weighted by molar-refractivity contribution is 5.78. The first kappa shape index (κ1) is 16.1. The first-order valence-corrected chi connectivity index (χ1v) is 6.24. The van der Waals surface area contributed by atoms with E-state index in [1.54, 1.807) is 12.1 Å². The quantitative estimate of drug-likeness (QED) is 0.799. The molecule has 0 fully saturated rings. The maximum atomic E-state index is 12.9. The molecular weight excluding hydrogens is 265 g/mol. The number of carboxylic acids is 1. The predicted molar refractivity (Wildman–Crippen MR) is 70.6 cm³/mol. The Hall–Kier alpha value is -1.95. The lowest BCUT2D eigenvalue weighted by molar-refractivity contribution is -0.143. The van der Waals surface area contributed by atoms with Gasteiger partial charge in [-0.3, -0.25) is 4.79 Å². The zero-order valence-corrected chi connectivity index (χ0v) is 11.4. The summed E-state index contributed by atoms with van der Waals surface area (Å²) in [4.78, 5) is 21.9. The first-order chi connectivity index (χ1) is 9.40. The van der Waals surface area contributed by atoms with Gasteiger partial charge < -0.3 is 15.2 Å². The summed E-state index contributed by atoms with van der Waals surface area (Å²) < 4.78 is 17.6. The number of carboxylic acid groups (broad SMARTS) is 1. The van der Waals surface area contributed by atoms with Crippen LogP contribution in [0.4, 0.5) is 4.39 Å². The molecule has 1 rings (SSSR count). The van der Waals surface area contributed by atoms with Gasteiger partial charge in [-0.05, 0) is 23.6 Å². The lowest BCUT2D eigenvalue weighted by atomic mass is 9.96. The smallest absolute Gasteiger partial charge is 0.329 e. The van der Waals surface area contributed by atoms with Crippen LogP contribution < -0.4 is 5.32 Å². The molecule has 0 spiro atoms. The van der Waals surface area contributed by atoms with Gasteiger partial charge in [0.2, 0.25) is 5.91 Å². The molecule has 0 saturated carbocycles. The summed E-state index contributed by atoms with van der Waals surface area (Å²) in [5, 5.41) is 11.2. The van der Waals surface area contributed by atoms with Crippen LogP contribution in [-0.4, -0.2) is 30.2 Å². The zero-order chi connectivity index (χ0) is 15.1. The van der Waals surface area contributed by atoms with Crippen molar-refractivity contribution >= 4 is 11.9 Å². The summed E-state index contributed by atoms with van der Waals surface area (Å²) in [6, 6.07) is 5.60. The molecule has 0 aromatic heterocycles. The van der Waals surface area contributed by atoms with Crippen molar-refractivity contribution in [2.45, 2.75) is 19.9 Å². The minimum atomic E-state index is -1.13. The number of carbonyl (C=O) groups excluding carboxylic acids is 1. The van der Waals surface area contributed by atoms with Crippen molar-refractivity contribution in [2.24, 2.45) is 5.92 Å². The van der Waals surface area contributed by atoms with Gasteiger partial charge in [-0.1, -0.05) is 26.0 Å². The third kappa shape index (κ3) is 5.36. The third-order valence-electron chi connectivity index (χ3n) is 2.67. The number of aliphatic carboxylic acids is 1. The lowest BCUT2D eigenvalue weighted by Crippen LogP contribution is -2.34. The van der Waals surface area contributed by atoms with E-state index < -0.39 is 18.5 Å². The van der Waals surface area contributed by atoms with Gasteiger partial charge in [0.25, 0.3) is 0 Å². The molecule has 110 valence electrons. The molecule has 1 atom stereocenters. The minimum absolute atomic E-state index is 0.101. The van der Waals surface area contributed by atoms with Crippen molar-refractivity contribution in [3.63, 3.8) is 0 Å². The summed E-state index contributed by atoms with van der Waals surface area (Å²) in [6.07, 6.45) is 0. The van der Waals surface area contributed by atoms with Gasteiger partial charge in [-0.25, -0.2) is 9.18 Å². The van der Waals surface area contributed by atoms with Crippen LogP contribution in [0.25, 0.3) is 0 Å². The number of carbonyl (C=O) groups is 2. The molecule has 1 aromatic carbocycles. The number of halogens is 1. The van der Waals surface area contributed by atoms with Crippen LogP contribution in [0.2, 0.25) is 0 Å². The third-order valence-corrected chi connectivity index (χ3v) is 2.67. The van der Waals surface area contributed by atoms with Crippen molar-refractivity contribution in [1.82, 2.24) is 5.32 Å². The van der Waals surface area contributed by atoms with Gasteiger partial charge in [0, 0.05) is 0 Å². The summed E-state index contributed by atoms with van der Waals surface area (Å²) in [7, 11) is 0. The van der Waals surface area contributed by atoms with Crippen LogP contribution in [0.5, 0.6) is 0 Å². The van der Waals surface area contributed by atoms with Gasteiger partial charge in [-0.15, -0.1) is 0 Å². The number of rotatable bonds is 7. The number of nitrogens with one attached hydrogen (secondary N) is 1. The summed E-state index contributed by atoms with van der Waals surface area (Å²) in [5.74, 6) is -1.78. The fourth-order valence-electron chi connectivity index (χ4n) is 1.75. The van der Waals surface area contributed by atoms with Crippen molar-refractivity contribution in [3.8, 4) is 0 Å². The van der Waals surface area contributed by atoms with Crippen LogP contribution in [0, 0.1) is 11.7 Å². The molecule has 6 heteroatoms. The van der Waals surface area contributed by atoms with Gasteiger partial charge in [-0.2, -0.15) is 0 Å². The molecule has 20 heavy (non-hydrogen) atoms. The summed E-state index contributed by atoms with van der Waals surface area (Å²) in [5.41, 5.74) is 0.785. The van der Waals surface area contributed by atoms with Gasteiger partial charge in [0.05, 0.1) is 6.04 Å². The SMILES string of the molecule is CC(C)C(NC(=O)COCC(=O)O)c1ccc(F)cc1. The molecule has 0 aliphatic heterocycles. The molecule has 0 radical (unpaired) electrons. The molecule has 1 aromatic rings. The van der Waals surface area contributed by atoms with Crippen LogP contribution in [-0.2, 0) is 14.3 Å². The number of amides is 1. The fourth-order valence-corrected chi connectivity index (χ4v) is 1.75. The van der Waals surface area contributed by atoms with Crippen molar-refractivity contribution in [2.75, 3.05) is 13.2 Å². The zero-order valence-electron chi connectivity index (χ0n) is 11.4. The number of hydrogen-bond donors (Lipinski definition) is 2. The van der Waals surface area contributed by atoms with Gasteiger partial charge in [0.15, 0.2) is 0 Å². The molecule has 5 nitrogen and oxygen atoms in total. The maximum Gasteiger partial charge on any atom is 0.329 e. The largest absolute Gasteiger partial charge is 0.480 e. The van der Waals surface area contributed by atoms with E-state index >= 15 is 0 Å². The molecular formula is C14H18FNO4. The second-order valence-corrected chi connectivity index (χ2v) is 4.73. The van der Waals surface area contributed by atoms with E-state index in [0.29, 0.717) is 0 Å². The molecule has 0 aliphatic rings. The highest BCUT2D eigenvalue weighted by Gasteiger charge is 2.18. The molecule has 0 aliphatic carbocycles. The average Bonchev–Trinajstić information content (AvgIpc) is 2.36. The maximum absolute atomic E-state index is 12.9. The van der Waals surface area contributed by atoms with Crippen molar-refractivity contribution in [1.29, 1.82) is 0 Å². The monoisotopic (exact) mass is 283 g/mol. The topological polar surface area (TPSA) is 75.6 Å². The van der Waals surface area contributed by atoms with Crippen LogP contribution >= 0.6 is 0 Å². The Balaban J connectivity index is 2.61. The highest BCUT2D eigenvalue weighted by Crippen LogP contribution is 2.21. The summed E-state index contributed by atoms with van der Waals surface area (Å²) >= 11 is 0. The van der Waals surface area contributed by atoms with Gasteiger partial charge in [0.1, 0.15) is 19.0 Å². The first-order valence-electron chi connectivity index (χ1n) is 6.24. The summed E-state index contributed by atoms with van der Waals surface area (Å²) in [6.45, 7) is 3.01. The second-order valence-electron chi connectivity index (χ2n) is 4.73. The van der Waals surface area contributed by atoms with Crippen molar-refractivity contribution < 1.29 is 23.8 Å². The van der Waals surface area contributed by atoms with Crippen molar-refractivity contribution in [3.05, 3.63) is 35.6 Å². The second kappa shape index (κ2) is 7.59. The Kier molecular flexibility index (Phi) is 6.11. The number of ether oxygens (including phenoxy) is 1.